The second-order valence-corrected chi connectivity index (χ2v) is 11.5. The van der Waals surface area contributed by atoms with E-state index in [1.54, 1.807) is 24.4 Å². The van der Waals surface area contributed by atoms with Gasteiger partial charge in [0, 0.05) is 61.9 Å². The number of hydrogen-bond donors (Lipinski definition) is 3. The summed E-state index contributed by atoms with van der Waals surface area (Å²) in [6, 6.07) is 9.52. The van der Waals surface area contributed by atoms with Gasteiger partial charge in [0.15, 0.2) is 0 Å². The first-order valence-corrected chi connectivity index (χ1v) is 13.7. The number of ether oxygens (including phenoxy) is 1. The van der Waals surface area contributed by atoms with Crippen LogP contribution in [0.5, 0.6) is 0 Å². The second kappa shape index (κ2) is 11.2. The van der Waals surface area contributed by atoms with E-state index in [1.807, 2.05) is 26.8 Å². The molecule has 1 amide bonds. The summed E-state index contributed by atoms with van der Waals surface area (Å²) >= 11 is 0. The standard InChI is InChI=1S/C31H36N6O4/c1-19-14-24(21-7-9-27(33-16-21)35-30(40)41-31(2,3)4)25-15-23(36(5)28(25)34-19)18-37-12-10-20(11-13-37)26-8-6-22(17-32-26)29(38)39/h6-10,14-17,19,34H,11-13,18H2,1-5H3,(H,38,39)(H,33,35,40). The van der Waals surface area contributed by atoms with E-state index in [0.717, 1.165) is 59.8 Å². The summed E-state index contributed by atoms with van der Waals surface area (Å²) in [7, 11) is 2.09. The van der Waals surface area contributed by atoms with Crippen molar-refractivity contribution in [3.63, 3.8) is 0 Å². The van der Waals surface area contributed by atoms with Gasteiger partial charge in [-0.3, -0.25) is 15.2 Å². The lowest BCUT2D eigenvalue weighted by Gasteiger charge is -2.26. The first-order chi connectivity index (χ1) is 19.5. The molecule has 5 heterocycles. The quantitative estimate of drug-likeness (QED) is 0.369. The third-order valence-electron chi connectivity index (χ3n) is 7.13. The molecular formula is C31H36N6O4. The van der Waals surface area contributed by atoms with Gasteiger partial charge < -0.3 is 19.7 Å². The number of hydrogen-bond acceptors (Lipinski definition) is 7. The van der Waals surface area contributed by atoms with Crippen molar-refractivity contribution in [3.05, 3.63) is 83.0 Å². The van der Waals surface area contributed by atoms with Crippen molar-refractivity contribution < 1.29 is 19.4 Å². The summed E-state index contributed by atoms with van der Waals surface area (Å²) in [5, 5.41) is 15.4. The summed E-state index contributed by atoms with van der Waals surface area (Å²) in [6.45, 7) is 10.0. The molecule has 214 valence electrons. The summed E-state index contributed by atoms with van der Waals surface area (Å²) in [5.74, 6) is 0.533. The van der Waals surface area contributed by atoms with Crippen LogP contribution in [-0.2, 0) is 18.3 Å². The van der Waals surface area contributed by atoms with Crippen molar-refractivity contribution >= 4 is 34.8 Å². The first-order valence-electron chi connectivity index (χ1n) is 13.7. The van der Waals surface area contributed by atoms with Gasteiger partial charge in [0.1, 0.15) is 17.2 Å². The third-order valence-corrected chi connectivity index (χ3v) is 7.13. The van der Waals surface area contributed by atoms with E-state index in [4.69, 9.17) is 9.84 Å². The van der Waals surface area contributed by atoms with Crippen molar-refractivity contribution in [2.45, 2.75) is 52.3 Å². The van der Waals surface area contributed by atoms with E-state index < -0.39 is 17.7 Å². The SMILES string of the molecule is CC1C=C(c2ccc(NC(=O)OC(C)(C)C)nc2)c2cc(CN3CC=C(c4ccc(C(=O)O)cn4)CC3)n(C)c2N1. The Hall–Kier alpha value is -4.44. The molecule has 1 unspecified atom stereocenters. The zero-order chi connectivity index (χ0) is 29.3. The van der Waals surface area contributed by atoms with Crippen LogP contribution in [0.4, 0.5) is 16.4 Å². The number of carbonyl (C=O) groups is 2. The van der Waals surface area contributed by atoms with Crippen molar-refractivity contribution in [2.24, 2.45) is 7.05 Å². The number of rotatable bonds is 6. The van der Waals surface area contributed by atoms with Crippen LogP contribution >= 0.6 is 0 Å². The molecule has 0 saturated carbocycles. The van der Waals surface area contributed by atoms with Crippen molar-refractivity contribution in [1.82, 2.24) is 19.4 Å². The maximum Gasteiger partial charge on any atom is 0.413 e. The molecule has 0 bridgehead atoms. The molecule has 3 N–H and O–H groups in total. The molecule has 1 atom stereocenters. The van der Waals surface area contributed by atoms with E-state index >= 15 is 0 Å². The molecule has 5 rings (SSSR count). The Balaban J connectivity index is 1.29. The number of nitrogens with zero attached hydrogens (tertiary/aromatic N) is 4. The number of aromatic nitrogens is 3. The lowest BCUT2D eigenvalue weighted by Crippen LogP contribution is -2.29. The molecule has 0 fully saturated rings. The van der Waals surface area contributed by atoms with Gasteiger partial charge in [-0.25, -0.2) is 14.6 Å². The number of carboxylic acids is 1. The topological polar surface area (TPSA) is 122 Å². The maximum absolute atomic E-state index is 12.1. The second-order valence-electron chi connectivity index (χ2n) is 11.5. The van der Waals surface area contributed by atoms with Crippen LogP contribution in [0.25, 0.3) is 11.1 Å². The summed E-state index contributed by atoms with van der Waals surface area (Å²) in [6.07, 6.45) is 7.89. The van der Waals surface area contributed by atoms with E-state index in [-0.39, 0.29) is 11.6 Å². The molecule has 0 saturated heterocycles. The van der Waals surface area contributed by atoms with Gasteiger partial charge >= 0.3 is 12.1 Å². The predicted molar refractivity (Wildman–Crippen MR) is 159 cm³/mol. The Labute approximate surface area is 239 Å². The molecule has 3 aromatic rings. The molecule has 0 spiro atoms. The zero-order valence-electron chi connectivity index (χ0n) is 24.1. The Morgan fingerprint density at radius 2 is 1.98 bits per heavy atom. The minimum absolute atomic E-state index is 0.138. The van der Waals surface area contributed by atoms with Crippen molar-refractivity contribution in [1.29, 1.82) is 0 Å². The van der Waals surface area contributed by atoms with Gasteiger partial charge in [-0.1, -0.05) is 12.2 Å². The fraction of sp³-hybridized carbons (Fsp3) is 0.355. The van der Waals surface area contributed by atoms with Gasteiger partial charge in [-0.05, 0) is 75.6 Å². The van der Waals surface area contributed by atoms with E-state index in [9.17, 15) is 9.59 Å². The molecule has 10 heteroatoms. The monoisotopic (exact) mass is 556 g/mol. The molecule has 0 aromatic carbocycles. The molecule has 2 aliphatic heterocycles. The molecule has 0 radical (unpaired) electrons. The maximum atomic E-state index is 12.1. The van der Waals surface area contributed by atoms with Crippen LogP contribution in [0.3, 0.4) is 0 Å². The normalized spacial score (nSPS) is 17.1. The Morgan fingerprint density at radius 1 is 1.17 bits per heavy atom. The lowest BCUT2D eigenvalue weighted by atomic mass is 9.96. The minimum Gasteiger partial charge on any atom is -0.478 e. The van der Waals surface area contributed by atoms with Gasteiger partial charge in [0.25, 0.3) is 0 Å². The van der Waals surface area contributed by atoms with Crippen molar-refractivity contribution in [2.75, 3.05) is 23.7 Å². The summed E-state index contributed by atoms with van der Waals surface area (Å²) in [4.78, 5) is 34.4. The van der Waals surface area contributed by atoms with Crippen LogP contribution in [0.1, 0.15) is 67.0 Å². The number of fused-ring (bicyclic) bond motifs is 1. The zero-order valence-corrected chi connectivity index (χ0v) is 24.1. The van der Waals surface area contributed by atoms with Crippen LogP contribution in [-0.4, -0.2) is 61.3 Å². The molecule has 0 aliphatic carbocycles. The number of amides is 1. The number of carbonyl (C=O) groups excluding carboxylic acids is 1. The molecule has 41 heavy (non-hydrogen) atoms. The molecule has 2 aliphatic rings. The first kappa shape index (κ1) is 28.1. The smallest absolute Gasteiger partial charge is 0.413 e. The van der Waals surface area contributed by atoms with Crippen LogP contribution in [0.2, 0.25) is 0 Å². The van der Waals surface area contributed by atoms with Crippen LogP contribution in [0, 0.1) is 0 Å². The van der Waals surface area contributed by atoms with Crippen LogP contribution < -0.4 is 10.6 Å². The van der Waals surface area contributed by atoms with E-state index in [0.29, 0.717) is 5.82 Å². The number of carboxylic acid groups (broad SMARTS) is 1. The highest BCUT2D eigenvalue weighted by Crippen LogP contribution is 2.37. The van der Waals surface area contributed by atoms with Gasteiger partial charge in [-0.2, -0.15) is 0 Å². The van der Waals surface area contributed by atoms with E-state index in [2.05, 4.69) is 62.3 Å². The predicted octanol–water partition coefficient (Wildman–Crippen LogP) is 5.40. The minimum atomic E-state index is -0.969. The number of nitrogens with one attached hydrogen (secondary N) is 2. The fourth-order valence-corrected chi connectivity index (χ4v) is 5.10. The Bertz CT molecular complexity index is 1510. The number of aromatic carboxylic acids is 1. The number of anilines is 2. The average molecular weight is 557 g/mol. The Kier molecular flexibility index (Phi) is 7.68. The van der Waals surface area contributed by atoms with E-state index in [1.165, 1.54) is 11.9 Å². The highest BCUT2D eigenvalue weighted by molar-refractivity contribution is 5.89. The average Bonchev–Trinajstić information content (AvgIpc) is 3.23. The summed E-state index contributed by atoms with van der Waals surface area (Å²) in [5.41, 5.74) is 5.96. The number of pyridine rings is 2. The highest BCUT2D eigenvalue weighted by atomic mass is 16.6. The fourth-order valence-electron chi connectivity index (χ4n) is 5.10. The summed E-state index contributed by atoms with van der Waals surface area (Å²) < 4.78 is 7.54. The van der Waals surface area contributed by atoms with Crippen LogP contribution in [0.15, 0.2) is 54.9 Å². The molecule has 3 aromatic heterocycles. The lowest BCUT2D eigenvalue weighted by molar-refractivity contribution is 0.0633. The van der Waals surface area contributed by atoms with Gasteiger partial charge in [0.2, 0.25) is 0 Å². The molecule has 10 nitrogen and oxygen atoms in total. The van der Waals surface area contributed by atoms with Gasteiger partial charge in [-0.15, -0.1) is 0 Å². The van der Waals surface area contributed by atoms with Crippen molar-refractivity contribution in [3.8, 4) is 0 Å². The highest BCUT2D eigenvalue weighted by Gasteiger charge is 2.25. The largest absolute Gasteiger partial charge is 0.478 e. The molecular weight excluding hydrogens is 520 g/mol. The Morgan fingerprint density at radius 3 is 2.59 bits per heavy atom. The van der Waals surface area contributed by atoms with Gasteiger partial charge in [0.05, 0.1) is 11.3 Å². The third kappa shape index (κ3) is 6.49.